The van der Waals surface area contributed by atoms with Gasteiger partial charge in [-0.05, 0) is 35.9 Å². The molecule has 3 rings (SSSR count). The van der Waals surface area contributed by atoms with E-state index in [0.717, 1.165) is 4.31 Å². The van der Waals surface area contributed by atoms with E-state index in [1.54, 1.807) is 24.3 Å². The number of Topliss-reactive ketones (excluding diaryl/α,β-unsaturated/α-hetero) is 1. The number of carbonyl (C=O) groups is 1. The average molecular weight is 315 g/mol. The Morgan fingerprint density at radius 2 is 1.68 bits per heavy atom. The molecular formula is C16H13NO4S. The van der Waals surface area contributed by atoms with Crippen molar-refractivity contribution >= 4 is 21.9 Å². The number of likely N-dealkylation sites (N-methyl/N-ethyl adjacent to an activating group) is 1. The highest BCUT2D eigenvalue weighted by Crippen LogP contribution is 2.31. The van der Waals surface area contributed by atoms with E-state index in [9.17, 15) is 18.3 Å². The van der Waals surface area contributed by atoms with Crippen molar-refractivity contribution in [3.8, 4) is 5.75 Å². The summed E-state index contributed by atoms with van der Waals surface area (Å²) in [5.41, 5.74) is 0.873. The molecular weight excluding hydrogens is 302 g/mol. The lowest BCUT2D eigenvalue weighted by atomic mass is 10.1. The molecule has 2 aromatic rings. The van der Waals surface area contributed by atoms with E-state index in [0.29, 0.717) is 5.56 Å². The first-order chi connectivity index (χ1) is 10.4. The van der Waals surface area contributed by atoms with Crippen LogP contribution in [0.4, 0.5) is 0 Å². The summed E-state index contributed by atoms with van der Waals surface area (Å²) in [5, 5.41) is 9.29. The molecule has 0 aliphatic carbocycles. The van der Waals surface area contributed by atoms with Crippen molar-refractivity contribution < 1.29 is 18.3 Å². The van der Waals surface area contributed by atoms with Crippen molar-refractivity contribution in [2.75, 3.05) is 7.05 Å². The van der Waals surface area contributed by atoms with Crippen LogP contribution >= 0.6 is 0 Å². The summed E-state index contributed by atoms with van der Waals surface area (Å²) in [6.07, 6.45) is 1.50. The topological polar surface area (TPSA) is 74.7 Å². The second-order valence-electron chi connectivity index (χ2n) is 4.92. The minimum Gasteiger partial charge on any atom is -0.508 e. The van der Waals surface area contributed by atoms with Crippen molar-refractivity contribution in [1.82, 2.24) is 4.31 Å². The Bertz CT molecular complexity index is 883. The molecule has 0 fully saturated rings. The maximum absolute atomic E-state index is 12.6. The third-order valence-electron chi connectivity index (χ3n) is 3.54. The fourth-order valence-electron chi connectivity index (χ4n) is 2.32. The number of hydrogen-bond acceptors (Lipinski definition) is 4. The van der Waals surface area contributed by atoms with Crippen molar-refractivity contribution in [3.63, 3.8) is 0 Å². The molecule has 1 N–H and O–H groups in total. The van der Waals surface area contributed by atoms with Gasteiger partial charge in [-0.1, -0.05) is 24.3 Å². The predicted octanol–water partition coefficient (Wildman–Crippen LogP) is 2.25. The molecule has 2 aromatic carbocycles. The second kappa shape index (κ2) is 4.99. The van der Waals surface area contributed by atoms with Crippen LogP contribution in [-0.2, 0) is 10.0 Å². The normalized spacial score (nSPS) is 18.3. The Balaban J connectivity index is 2.18. The molecule has 6 heteroatoms. The highest BCUT2D eigenvalue weighted by atomic mass is 32.2. The summed E-state index contributed by atoms with van der Waals surface area (Å²) >= 11 is 0. The zero-order valence-corrected chi connectivity index (χ0v) is 12.5. The first-order valence-electron chi connectivity index (χ1n) is 6.54. The van der Waals surface area contributed by atoms with Gasteiger partial charge in [-0.15, -0.1) is 0 Å². The van der Waals surface area contributed by atoms with Crippen molar-refractivity contribution in [1.29, 1.82) is 0 Å². The third kappa shape index (κ3) is 2.17. The van der Waals surface area contributed by atoms with Crippen molar-refractivity contribution in [2.24, 2.45) is 0 Å². The molecule has 0 saturated heterocycles. The van der Waals surface area contributed by atoms with Crippen LogP contribution in [0.5, 0.6) is 5.75 Å². The number of allylic oxidation sites excluding steroid dienone is 1. The summed E-state index contributed by atoms with van der Waals surface area (Å²) in [5.74, 6) is -0.246. The van der Waals surface area contributed by atoms with Crippen molar-refractivity contribution in [2.45, 2.75) is 4.90 Å². The molecule has 1 heterocycles. The number of aromatic hydroxyl groups is 1. The van der Waals surface area contributed by atoms with Gasteiger partial charge in [-0.25, -0.2) is 8.42 Å². The largest absolute Gasteiger partial charge is 0.508 e. The smallest absolute Gasteiger partial charge is 0.264 e. The molecule has 1 aliphatic heterocycles. The van der Waals surface area contributed by atoms with Gasteiger partial charge in [0.25, 0.3) is 10.0 Å². The molecule has 0 atom stereocenters. The van der Waals surface area contributed by atoms with E-state index in [4.69, 9.17) is 0 Å². The van der Waals surface area contributed by atoms with Gasteiger partial charge in [0.2, 0.25) is 5.78 Å². The van der Waals surface area contributed by atoms with E-state index in [2.05, 4.69) is 0 Å². The molecule has 0 amide bonds. The summed E-state index contributed by atoms with van der Waals surface area (Å²) in [4.78, 5) is 12.6. The number of rotatable bonds is 1. The average Bonchev–Trinajstić information content (AvgIpc) is 2.52. The van der Waals surface area contributed by atoms with Crippen LogP contribution in [0.25, 0.3) is 6.08 Å². The number of ketones is 1. The lowest BCUT2D eigenvalue weighted by Gasteiger charge is -2.27. The number of sulfonamides is 1. The maximum atomic E-state index is 12.6. The second-order valence-corrected chi connectivity index (χ2v) is 6.86. The summed E-state index contributed by atoms with van der Waals surface area (Å²) < 4.78 is 26.0. The van der Waals surface area contributed by atoms with Crippen LogP contribution in [-0.4, -0.2) is 30.7 Å². The number of phenols is 1. The molecule has 0 aromatic heterocycles. The van der Waals surface area contributed by atoms with Crippen LogP contribution in [0.15, 0.2) is 59.1 Å². The highest BCUT2D eigenvalue weighted by molar-refractivity contribution is 7.89. The molecule has 0 bridgehead atoms. The molecule has 0 radical (unpaired) electrons. The number of phenolic OH excluding ortho intramolecular Hbond substituents is 1. The Morgan fingerprint density at radius 1 is 1.05 bits per heavy atom. The van der Waals surface area contributed by atoms with E-state index < -0.39 is 10.0 Å². The van der Waals surface area contributed by atoms with Gasteiger partial charge < -0.3 is 5.11 Å². The zero-order chi connectivity index (χ0) is 15.9. The standard InChI is InChI=1S/C16H13NO4S/c1-17-14(10-11-6-8-12(18)9-7-11)16(19)13-4-2-3-5-15(13)22(17,20)21/h2-10,18H,1H3/b14-10+. The Labute approximate surface area is 128 Å². The SMILES string of the molecule is CN1/C(=C/c2ccc(O)cc2)C(=O)c2ccccc2S1(=O)=O. The van der Waals surface area contributed by atoms with Crippen LogP contribution in [0, 0.1) is 0 Å². The van der Waals surface area contributed by atoms with Gasteiger partial charge in [0.1, 0.15) is 11.4 Å². The van der Waals surface area contributed by atoms with Crippen molar-refractivity contribution in [3.05, 3.63) is 65.4 Å². The van der Waals surface area contributed by atoms with Gasteiger partial charge in [0.05, 0.1) is 4.90 Å². The van der Waals surface area contributed by atoms with E-state index >= 15 is 0 Å². The fraction of sp³-hybridized carbons (Fsp3) is 0.0625. The first-order valence-corrected chi connectivity index (χ1v) is 7.98. The number of nitrogens with zero attached hydrogens (tertiary/aromatic N) is 1. The van der Waals surface area contributed by atoms with Crippen LogP contribution in [0.3, 0.4) is 0 Å². The lowest BCUT2D eigenvalue weighted by molar-refractivity contribution is 0.101. The van der Waals surface area contributed by atoms with Gasteiger partial charge in [0.15, 0.2) is 0 Å². The minimum absolute atomic E-state index is 0.0188. The molecule has 0 unspecified atom stereocenters. The fourth-order valence-corrected chi connectivity index (χ4v) is 3.70. The Morgan fingerprint density at radius 3 is 2.36 bits per heavy atom. The van der Waals surface area contributed by atoms with Gasteiger partial charge >= 0.3 is 0 Å². The minimum atomic E-state index is -3.74. The highest BCUT2D eigenvalue weighted by Gasteiger charge is 2.36. The monoisotopic (exact) mass is 315 g/mol. The quantitative estimate of drug-likeness (QED) is 0.819. The summed E-state index contributed by atoms with van der Waals surface area (Å²) in [7, 11) is -2.38. The molecule has 22 heavy (non-hydrogen) atoms. The van der Waals surface area contributed by atoms with E-state index in [-0.39, 0.29) is 27.7 Å². The number of benzene rings is 2. The maximum Gasteiger partial charge on any atom is 0.264 e. The molecule has 0 spiro atoms. The van der Waals surface area contributed by atoms with Crippen LogP contribution < -0.4 is 0 Å². The van der Waals surface area contributed by atoms with Gasteiger partial charge in [-0.2, -0.15) is 0 Å². The lowest BCUT2D eigenvalue weighted by Crippen LogP contribution is -2.36. The molecule has 5 nitrogen and oxygen atoms in total. The van der Waals surface area contributed by atoms with E-state index in [1.165, 1.54) is 37.4 Å². The van der Waals surface area contributed by atoms with E-state index in [1.807, 2.05) is 0 Å². The van der Waals surface area contributed by atoms with Crippen LogP contribution in [0.2, 0.25) is 0 Å². The van der Waals surface area contributed by atoms with Gasteiger partial charge in [0, 0.05) is 12.6 Å². The number of hydrogen-bond donors (Lipinski definition) is 1. The molecule has 112 valence electrons. The summed E-state index contributed by atoms with van der Waals surface area (Å²) in [6, 6.07) is 12.3. The number of fused-ring (bicyclic) bond motifs is 1. The summed E-state index contributed by atoms with van der Waals surface area (Å²) in [6.45, 7) is 0. The third-order valence-corrected chi connectivity index (χ3v) is 5.37. The van der Waals surface area contributed by atoms with Gasteiger partial charge in [-0.3, -0.25) is 9.10 Å². The van der Waals surface area contributed by atoms with Crippen LogP contribution in [0.1, 0.15) is 15.9 Å². The predicted molar refractivity (Wildman–Crippen MR) is 81.8 cm³/mol. The zero-order valence-electron chi connectivity index (χ0n) is 11.7. The molecule has 1 aliphatic rings. The Hall–Kier alpha value is -2.60. The molecule has 0 saturated carbocycles. The Kier molecular flexibility index (Phi) is 3.26. The first kappa shape index (κ1) is 14.3. The number of carbonyl (C=O) groups excluding carboxylic acids is 1.